The van der Waals surface area contributed by atoms with Gasteiger partial charge in [0.15, 0.2) is 0 Å². The van der Waals surface area contributed by atoms with E-state index in [0.717, 1.165) is 0 Å². The molecule has 0 spiro atoms. The molecule has 3 N–H and O–H groups in total. The van der Waals surface area contributed by atoms with Crippen LogP contribution in [-0.2, 0) is 19.2 Å². The lowest BCUT2D eigenvalue weighted by Gasteiger charge is -2.10. The third kappa shape index (κ3) is 13.5. The number of carboxylic acids is 2. The van der Waals surface area contributed by atoms with Gasteiger partial charge in [0.2, 0.25) is 11.7 Å². The molecule has 0 aromatic carbocycles. The van der Waals surface area contributed by atoms with Gasteiger partial charge < -0.3 is 21.1 Å². The van der Waals surface area contributed by atoms with Crippen LogP contribution in [-0.4, -0.2) is 50.9 Å². The van der Waals surface area contributed by atoms with Crippen LogP contribution in [0.3, 0.4) is 0 Å². The number of carbonyl (C=O) groups excluding carboxylic acids is 2. The maximum absolute atomic E-state index is 10.8. The van der Waals surface area contributed by atoms with E-state index in [9.17, 15) is 19.2 Å². The monoisotopic (exact) mass is 287 g/mol. The van der Waals surface area contributed by atoms with Crippen molar-refractivity contribution in [3.05, 3.63) is 5.53 Å². The van der Waals surface area contributed by atoms with Crippen molar-refractivity contribution in [2.45, 2.75) is 39.2 Å². The fourth-order valence-corrected chi connectivity index (χ4v) is 0.918. The van der Waals surface area contributed by atoms with Gasteiger partial charge in [0.1, 0.15) is 6.04 Å². The first-order valence-corrected chi connectivity index (χ1v) is 5.66. The first-order chi connectivity index (χ1) is 9.24. The van der Waals surface area contributed by atoms with E-state index in [1.165, 1.54) is 6.92 Å². The van der Waals surface area contributed by atoms with Gasteiger partial charge in [0.05, 0.1) is 0 Å². The fraction of sp³-hybridized carbons (Fsp3) is 0.545. The predicted molar refractivity (Wildman–Crippen MR) is 67.1 cm³/mol. The molecule has 0 aromatic heterocycles. The topological polar surface area (TPSA) is 157 Å². The van der Waals surface area contributed by atoms with E-state index in [0.29, 0.717) is 6.21 Å². The molecular weight excluding hydrogens is 270 g/mol. The number of nitrogens with zero attached hydrogens (tertiary/aromatic N) is 2. The Kier molecular flexibility index (Phi) is 11.4. The summed E-state index contributed by atoms with van der Waals surface area (Å²) in [6, 6.07) is -1.10. The minimum absolute atomic E-state index is 0.0419. The third-order valence-corrected chi connectivity index (χ3v) is 1.86. The molecule has 0 aliphatic heterocycles. The zero-order chi connectivity index (χ0) is 16.1. The molecule has 0 bridgehead atoms. The standard InChI is InChI=1S/C8H11N3O4.C3H6O2/c1-5(12)11-7(8(14)15)3-2-6(13)4-10-9;1-2-3(4)5/h4,7H,2-3H2,1H3,(H,11,12)(H,14,15);2H2,1H3,(H,4,5)/t7-;/m0./s1. The molecule has 0 fully saturated rings. The Morgan fingerprint density at radius 1 is 1.30 bits per heavy atom. The number of carbonyl (C=O) groups is 4. The summed E-state index contributed by atoms with van der Waals surface area (Å²) in [6.45, 7) is 2.79. The summed E-state index contributed by atoms with van der Waals surface area (Å²) in [5, 5.41) is 18.6. The summed E-state index contributed by atoms with van der Waals surface area (Å²) in [5.74, 6) is -2.94. The molecule has 0 unspecified atom stereocenters. The first-order valence-electron chi connectivity index (χ1n) is 5.66. The van der Waals surface area contributed by atoms with Crippen LogP contribution in [0.15, 0.2) is 0 Å². The van der Waals surface area contributed by atoms with Gasteiger partial charge in [-0.2, -0.15) is 4.79 Å². The summed E-state index contributed by atoms with van der Waals surface area (Å²) in [5.41, 5.74) is 8.02. The van der Waals surface area contributed by atoms with Crippen LogP contribution in [0.1, 0.15) is 33.1 Å². The highest BCUT2D eigenvalue weighted by atomic mass is 16.4. The maximum Gasteiger partial charge on any atom is 0.326 e. The van der Waals surface area contributed by atoms with Gasteiger partial charge in [-0.05, 0) is 6.42 Å². The number of ketones is 1. The molecule has 1 atom stereocenters. The average Bonchev–Trinajstić information content (AvgIpc) is 2.34. The van der Waals surface area contributed by atoms with Crippen LogP contribution in [0, 0.1) is 0 Å². The van der Waals surface area contributed by atoms with Crippen LogP contribution in [0.2, 0.25) is 0 Å². The summed E-state index contributed by atoms with van der Waals surface area (Å²) < 4.78 is 0. The first kappa shape index (κ1) is 19.8. The van der Waals surface area contributed by atoms with Crippen molar-refractivity contribution in [2.75, 3.05) is 0 Å². The Balaban J connectivity index is 0. The number of nitrogens with one attached hydrogen (secondary N) is 1. The highest BCUT2D eigenvalue weighted by Gasteiger charge is 2.19. The fourth-order valence-electron chi connectivity index (χ4n) is 0.918. The second-order valence-electron chi connectivity index (χ2n) is 3.59. The summed E-state index contributed by atoms with van der Waals surface area (Å²) in [6.07, 6.45) is 0.758. The largest absolute Gasteiger partial charge is 0.481 e. The summed E-state index contributed by atoms with van der Waals surface area (Å²) >= 11 is 0. The van der Waals surface area contributed by atoms with E-state index in [-0.39, 0.29) is 19.3 Å². The molecule has 9 heteroatoms. The van der Waals surface area contributed by atoms with Crippen LogP contribution < -0.4 is 5.32 Å². The SMILES string of the molecule is CC(=O)N[C@@H](CCC(=O)C=[N+]=[N-])C(=O)O.CCC(=O)O. The number of hydrogen-bond donors (Lipinski definition) is 3. The van der Waals surface area contributed by atoms with Crippen LogP contribution in [0.5, 0.6) is 0 Å². The van der Waals surface area contributed by atoms with Crippen LogP contribution in [0.25, 0.3) is 5.53 Å². The van der Waals surface area contributed by atoms with Crippen molar-refractivity contribution < 1.29 is 34.2 Å². The van der Waals surface area contributed by atoms with E-state index in [1.807, 2.05) is 0 Å². The molecule has 0 aliphatic rings. The van der Waals surface area contributed by atoms with Crippen molar-refractivity contribution >= 4 is 29.8 Å². The van der Waals surface area contributed by atoms with E-state index in [2.05, 4.69) is 10.1 Å². The van der Waals surface area contributed by atoms with Gasteiger partial charge in [-0.3, -0.25) is 14.4 Å². The Hall–Kier alpha value is -2.54. The Morgan fingerprint density at radius 2 is 1.80 bits per heavy atom. The lowest BCUT2D eigenvalue weighted by molar-refractivity contribution is -0.141. The Bertz CT molecular complexity index is 414. The van der Waals surface area contributed by atoms with Crippen molar-refractivity contribution in [2.24, 2.45) is 0 Å². The number of amides is 1. The van der Waals surface area contributed by atoms with Crippen molar-refractivity contribution in [1.29, 1.82) is 0 Å². The molecule has 0 aromatic rings. The minimum atomic E-state index is -1.21. The van der Waals surface area contributed by atoms with Crippen molar-refractivity contribution in [1.82, 2.24) is 5.32 Å². The maximum atomic E-state index is 10.8. The van der Waals surface area contributed by atoms with Gasteiger partial charge in [-0.1, -0.05) is 6.92 Å². The van der Waals surface area contributed by atoms with E-state index in [4.69, 9.17) is 15.7 Å². The van der Waals surface area contributed by atoms with Gasteiger partial charge in [0.25, 0.3) is 0 Å². The van der Waals surface area contributed by atoms with E-state index < -0.39 is 29.7 Å². The number of rotatable bonds is 7. The summed E-state index contributed by atoms with van der Waals surface area (Å²) in [4.78, 5) is 43.9. The molecule has 0 saturated heterocycles. The lowest BCUT2D eigenvalue weighted by Crippen LogP contribution is -2.39. The van der Waals surface area contributed by atoms with Crippen LogP contribution >= 0.6 is 0 Å². The second kappa shape index (κ2) is 11.5. The highest BCUT2D eigenvalue weighted by Crippen LogP contribution is 1.98. The summed E-state index contributed by atoms with van der Waals surface area (Å²) in [7, 11) is 0. The van der Waals surface area contributed by atoms with E-state index >= 15 is 0 Å². The number of carboxylic acid groups (broad SMARTS) is 2. The van der Waals surface area contributed by atoms with Crippen molar-refractivity contribution in [3.63, 3.8) is 0 Å². The minimum Gasteiger partial charge on any atom is -0.481 e. The van der Waals surface area contributed by atoms with Gasteiger partial charge in [-0.15, -0.1) is 0 Å². The zero-order valence-electron chi connectivity index (χ0n) is 11.2. The molecule has 0 saturated carbocycles. The zero-order valence-corrected chi connectivity index (χ0v) is 11.2. The Morgan fingerprint density at radius 3 is 2.10 bits per heavy atom. The van der Waals surface area contributed by atoms with Gasteiger partial charge in [-0.25, -0.2) is 4.79 Å². The van der Waals surface area contributed by atoms with Gasteiger partial charge >= 0.3 is 18.2 Å². The smallest absolute Gasteiger partial charge is 0.326 e. The molecule has 112 valence electrons. The molecule has 9 nitrogen and oxygen atoms in total. The van der Waals surface area contributed by atoms with E-state index in [1.54, 1.807) is 6.92 Å². The lowest BCUT2D eigenvalue weighted by atomic mass is 10.1. The molecule has 0 rings (SSSR count). The Labute approximate surface area is 115 Å². The number of aliphatic carboxylic acids is 2. The molecular formula is C11H17N3O6. The average molecular weight is 287 g/mol. The second-order valence-corrected chi connectivity index (χ2v) is 3.59. The number of hydrogen-bond acceptors (Lipinski definition) is 4. The third-order valence-electron chi connectivity index (χ3n) is 1.86. The quantitative estimate of drug-likeness (QED) is 0.331. The normalized spacial score (nSPS) is 10.1. The molecule has 0 radical (unpaired) electrons. The van der Waals surface area contributed by atoms with Gasteiger partial charge in [0, 0.05) is 19.8 Å². The highest BCUT2D eigenvalue weighted by molar-refractivity contribution is 6.25. The molecule has 0 heterocycles. The molecule has 20 heavy (non-hydrogen) atoms. The molecule has 0 aliphatic carbocycles. The number of Topliss-reactive ketones (excluding diaryl/α,β-unsaturated/α-hetero) is 1. The predicted octanol–water partition coefficient (Wildman–Crippen LogP) is -0.293. The van der Waals surface area contributed by atoms with Crippen LogP contribution in [0.4, 0.5) is 0 Å². The molecule has 1 amide bonds. The van der Waals surface area contributed by atoms with Crippen molar-refractivity contribution in [3.8, 4) is 0 Å².